The van der Waals surface area contributed by atoms with Gasteiger partial charge in [-0.1, -0.05) is 243 Å². The number of rotatable bonds is 8. The molecule has 0 unspecified atom stereocenters. The summed E-state index contributed by atoms with van der Waals surface area (Å²) in [5.74, 6) is 0. The average Bonchev–Trinajstić information content (AvgIpc) is 4.47. The van der Waals surface area contributed by atoms with Gasteiger partial charge in [-0.3, -0.25) is 0 Å². The third-order valence-electron chi connectivity index (χ3n) is 17.7. The fraction of sp³-hybridized carbons (Fsp3) is 0.0649. The molecule has 2 heteroatoms. The summed E-state index contributed by atoms with van der Waals surface area (Å²) in [6, 6.07) is 94.6. The molecule has 0 bridgehead atoms. The first-order chi connectivity index (χ1) is 39.1. The minimum atomic E-state index is 0.0617. The molecule has 14 aromatic rings. The topological polar surface area (TPSA) is 9.86 Å². The van der Waals surface area contributed by atoms with Gasteiger partial charge >= 0.3 is 0 Å². The van der Waals surface area contributed by atoms with Gasteiger partial charge in [0.15, 0.2) is 0 Å². The quantitative estimate of drug-likeness (QED) is 0.134. The van der Waals surface area contributed by atoms with Crippen LogP contribution in [0.25, 0.3) is 134 Å². The summed E-state index contributed by atoms with van der Waals surface area (Å²) >= 11 is 0. The molecule has 372 valence electrons. The number of hydrogen-bond donors (Lipinski definition) is 0. The average molecular weight is 1010 g/mol. The van der Waals surface area contributed by atoms with Crippen LogP contribution in [0.1, 0.15) is 59.1 Å². The van der Waals surface area contributed by atoms with Crippen molar-refractivity contribution >= 4 is 89.5 Å². The van der Waals surface area contributed by atoms with Crippen molar-refractivity contribution < 1.29 is 0 Å². The second-order valence-corrected chi connectivity index (χ2v) is 22.0. The maximum absolute atomic E-state index is 2.49. The first-order valence-corrected chi connectivity index (χ1v) is 28.0. The van der Waals surface area contributed by atoms with Crippen LogP contribution in [0.4, 0.5) is 0 Å². The van der Waals surface area contributed by atoms with E-state index in [0.717, 1.165) is 0 Å². The van der Waals surface area contributed by atoms with E-state index in [9.17, 15) is 0 Å². The van der Waals surface area contributed by atoms with Gasteiger partial charge in [-0.25, -0.2) is 0 Å². The van der Waals surface area contributed by atoms with Crippen molar-refractivity contribution in [2.24, 2.45) is 0 Å². The summed E-state index contributed by atoms with van der Waals surface area (Å²) in [4.78, 5) is 0. The van der Waals surface area contributed by atoms with Gasteiger partial charge in [-0.2, -0.15) is 0 Å². The van der Waals surface area contributed by atoms with E-state index < -0.39 is 0 Å². The highest BCUT2D eigenvalue weighted by atomic mass is 15.0. The van der Waals surface area contributed by atoms with E-state index >= 15 is 0 Å². The smallest absolute Gasteiger partial charge is 0.0541 e. The molecule has 2 aliphatic carbocycles. The lowest BCUT2D eigenvalue weighted by molar-refractivity contribution is 0.550. The van der Waals surface area contributed by atoms with Crippen molar-refractivity contribution in [3.8, 4) is 44.8 Å². The Labute approximate surface area is 460 Å². The predicted molar refractivity (Wildman–Crippen MR) is 336 cm³/mol. The highest BCUT2D eigenvalue weighted by Gasteiger charge is 2.45. The molecule has 16 rings (SSSR count). The second kappa shape index (κ2) is 18.2. The number of fused-ring (bicyclic) bond motifs is 13. The van der Waals surface area contributed by atoms with Crippen LogP contribution in [0.3, 0.4) is 0 Å². The second-order valence-electron chi connectivity index (χ2n) is 22.0. The Morgan fingerprint density at radius 1 is 0.278 bits per heavy atom. The molecule has 2 heterocycles. The van der Waals surface area contributed by atoms with E-state index in [2.05, 4.69) is 288 Å². The first kappa shape index (κ1) is 45.4. The molecule has 0 atom stereocenters. The summed E-state index contributed by atoms with van der Waals surface area (Å²) < 4.78 is 4.87. The van der Waals surface area contributed by atoms with Crippen LogP contribution in [0, 0.1) is 0 Å². The maximum Gasteiger partial charge on any atom is 0.0541 e. The standard InChI is InChI=1S/C77H54N2/c1-3-17-61-57(13-1)15-11-23-71(61)78-73-21-7-5-19-65(73)67-49-59(39-43-75(67)78)55-35-29-51(30-36-55)25-27-53-33-41-63-64-42-34-54(48-70(64)77(69(63)47-53)45-9-10-46-77)28-26-52-31-37-56(38-32-52)60-40-44-76-68(50-60)66-20-6-8-22-74(66)79(76)72-24-12-16-58-14-2-4-18-62(58)72/h1-8,11-44,47-50H,9-10,45-46H2/b27-25+,28-26+. The summed E-state index contributed by atoms with van der Waals surface area (Å²) in [6.45, 7) is 0. The van der Waals surface area contributed by atoms with Crippen LogP contribution in [0.5, 0.6) is 0 Å². The van der Waals surface area contributed by atoms with E-state index in [1.54, 1.807) is 0 Å². The summed E-state index contributed by atoms with van der Waals surface area (Å²) in [7, 11) is 0. The zero-order chi connectivity index (χ0) is 52.0. The minimum absolute atomic E-state index is 0.0617. The Morgan fingerprint density at radius 3 is 1.11 bits per heavy atom. The normalized spacial score (nSPS) is 13.9. The molecule has 0 radical (unpaired) electrons. The largest absolute Gasteiger partial charge is 0.309 e. The molecule has 1 spiro atoms. The highest BCUT2D eigenvalue weighted by molar-refractivity contribution is 6.13. The van der Waals surface area contributed by atoms with Crippen LogP contribution in [-0.2, 0) is 5.41 Å². The summed E-state index contributed by atoms with van der Waals surface area (Å²) in [5, 5.41) is 10.1. The number of nitrogens with zero attached hydrogens (tertiary/aromatic N) is 2. The van der Waals surface area contributed by atoms with Crippen molar-refractivity contribution in [1.29, 1.82) is 0 Å². The van der Waals surface area contributed by atoms with Gasteiger partial charge in [0.05, 0.1) is 33.4 Å². The van der Waals surface area contributed by atoms with Gasteiger partial charge in [0.25, 0.3) is 0 Å². The molecule has 12 aromatic carbocycles. The Hall–Kier alpha value is -9.76. The molecule has 79 heavy (non-hydrogen) atoms. The van der Waals surface area contributed by atoms with E-state index in [4.69, 9.17) is 0 Å². The van der Waals surface area contributed by atoms with E-state index in [-0.39, 0.29) is 5.41 Å². The van der Waals surface area contributed by atoms with E-state index in [1.807, 2.05) is 0 Å². The molecular formula is C77H54N2. The number of aromatic nitrogens is 2. The van der Waals surface area contributed by atoms with Gasteiger partial charge in [0.2, 0.25) is 0 Å². The van der Waals surface area contributed by atoms with Crippen LogP contribution < -0.4 is 0 Å². The van der Waals surface area contributed by atoms with Crippen LogP contribution in [-0.4, -0.2) is 9.13 Å². The van der Waals surface area contributed by atoms with Crippen molar-refractivity contribution in [3.63, 3.8) is 0 Å². The molecular weight excluding hydrogens is 953 g/mol. The SMILES string of the molecule is C(=C\c1ccc2c(c1)C1(CCCC1)c1cc(/C=C/c3ccc(-c4ccc5c(c4)c4ccccc4n5-c4cccc5ccccc45)cc3)ccc1-2)/c1ccc(-c2ccc3c(c2)c2ccccc2n3-c2cccc3ccccc23)cc1. The Balaban J connectivity index is 0.642. The minimum Gasteiger partial charge on any atom is -0.309 e. The van der Waals surface area contributed by atoms with Gasteiger partial charge in [-0.15, -0.1) is 0 Å². The lowest BCUT2D eigenvalue weighted by Crippen LogP contribution is -2.20. The zero-order valence-electron chi connectivity index (χ0n) is 43.8. The number of hydrogen-bond acceptors (Lipinski definition) is 0. The molecule has 0 N–H and O–H groups in total. The third kappa shape index (κ3) is 7.39. The van der Waals surface area contributed by atoms with E-state index in [1.165, 1.54) is 169 Å². The Morgan fingerprint density at radius 2 is 0.646 bits per heavy atom. The molecule has 2 nitrogen and oxygen atoms in total. The van der Waals surface area contributed by atoms with Gasteiger partial charge in [0, 0.05) is 37.7 Å². The van der Waals surface area contributed by atoms with Crippen LogP contribution in [0.2, 0.25) is 0 Å². The van der Waals surface area contributed by atoms with Crippen molar-refractivity contribution in [2.45, 2.75) is 31.1 Å². The predicted octanol–water partition coefficient (Wildman–Crippen LogP) is 20.7. The highest BCUT2D eigenvalue weighted by Crippen LogP contribution is 2.57. The van der Waals surface area contributed by atoms with Crippen molar-refractivity contribution in [3.05, 3.63) is 288 Å². The fourth-order valence-corrected chi connectivity index (χ4v) is 13.8. The fourth-order valence-electron chi connectivity index (χ4n) is 13.8. The third-order valence-corrected chi connectivity index (χ3v) is 17.7. The molecule has 1 saturated carbocycles. The number of para-hydroxylation sites is 2. The van der Waals surface area contributed by atoms with Crippen LogP contribution >= 0.6 is 0 Å². The summed E-state index contributed by atoms with van der Waals surface area (Å²) in [5.41, 5.74) is 23.0. The van der Waals surface area contributed by atoms with Crippen molar-refractivity contribution in [1.82, 2.24) is 9.13 Å². The Bertz CT molecular complexity index is 4510. The molecule has 1 fully saturated rings. The monoisotopic (exact) mass is 1010 g/mol. The van der Waals surface area contributed by atoms with Gasteiger partial charge in [-0.05, 0) is 139 Å². The lowest BCUT2D eigenvalue weighted by Gasteiger charge is -2.27. The number of benzene rings is 12. The van der Waals surface area contributed by atoms with Crippen molar-refractivity contribution in [2.75, 3.05) is 0 Å². The lowest BCUT2D eigenvalue weighted by atomic mass is 9.76. The summed E-state index contributed by atoms with van der Waals surface area (Å²) in [6.07, 6.45) is 14.1. The molecule has 0 amide bonds. The first-order valence-electron chi connectivity index (χ1n) is 28.0. The molecule has 0 saturated heterocycles. The zero-order valence-corrected chi connectivity index (χ0v) is 43.8. The van der Waals surface area contributed by atoms with Gasteiger partial charge < -0.3 is 9.13 Å². The van der Waals surface area contributed by atoms with E-state index in [0.29, 0.717) is 0 Å². The van der Waals surface area contributed by atoms with Gasteiger partial charge in [0.1, 0.15) is 0 Å². The molecule has 2 aliphatic rings. The maximum atomic E-state index is 2.49. The Kier molecular flexibility index (Phi) is 10.5. The molecule has 2 aromatic heterocycles. The van der Waals surface area contributed by atoms with Crippen LogP contribution in [0.15, 0.2) is 255 Å². The molecule has 0 aliphatic heterocycles.